The monoisotopic (exact) mass is 559 g/mol. The zero-order chi connectivity index (χ0) is 28.4. The van der Waals surface area contributed by atoms with E-state index in [0.29, 0.717) is 0 Å². The van der Waals surface area contributed by atoms with Crippen LogP contribution in [0.4, 0.5) is 5.69 Å². The van der Waals surface area contributed by atoms with Crippen molar-refractivity contribution in [1.29, 1.82) is 0 Å². The van der Waals surface area contributed by atoms with Crippen LogP contribution in [0.3, 0.4) is 0 Å². The van der Waals surface area contributed by atoms with Crippen LogP contribution in [-0.4, -0.2) is 39.0 Å². The Balaban J connectivity index is 2.31. The van der Waals surface area contributed by atoms with Gasteiger partial charge < -0.3 is 15.2 Å². The molecule has 3 aromatic rings. The van der Waals surface area contributed by atoms with E-state index in [0.717, 1.165) is 5.56 Å². The third-order valence-electron chi connectivity index (χ3n) is 6.16. The molecule has 0 saturated heterocycles. The van der Waals surface area contributed by atoms with Gasteiger partial charge in [0.15, 0.2) is 16.4 Å². The van der Waals surface area contributed by atoms with Crippen LogP contribution in [0.5, 0.6) is 11.5 Å². The summed E-state index contributed by atoms with van der Waals surface area (Å²) in [5.74, 6) is -1.64. The molecule has 0 spiro atoms. The number of rotatable bonds is 4. The molecular weight excluding hydrogens is 534 g/mol. The van der Waals surface area contributed by atoms with Gasteiger partial charge in [-0.2, -0.15) is 16.8 Å². The van der Waals surface area contributed by atoms with E-state index in [-0.39, 0.29) is 43.8 Å². The Morgan fingerprint density at radius 1 is 0.921 bits per heavy atom. The molecule has 0 amide bonds. The van der Waals surface area contributed by atoms with Crippen molar-refractivity contribution in [3.8, 4) is 11.5 Å². The number of benzene rings is 3. The third-order valence-corrected chi connectivity index (χ3v) is 8.06. The molecule has 0 radical (unpaired) electrons. The molecule has 0 saturated carbocycles. The lowest BCUT2D eigenvalue weighted by molar-refractivity contribution is 0.0600. The van der Waals surface area contributed by atoms with Crippen molar-refractivity contribution in [2.45, 2.75) is 36.0 Å². The van der Waals surface area contributed by atoms with Crippen molar-refractivity contribution < 1.29 is 40.2 Å². The summed E-state index contributed by atoms with van der Waals surface area (Å²) in [7, 11) is -8.71. The Morgan fingerprint density at radius 2 is 1.53 bits per heavy atom. The van der Waals surface area contributed by atoms with E-state index in [4.69, 9.17) is 15.2 Å². The van der Waals surface area contributed by atoms with Gasteiger partial charge in [-0.15, -0.1) is 0 Å². The number of hydrogen-bond acceptors (Lipinski definition) is 8. The molecule has 3 aromatic carbocycles. The van der Waals surface area contributed by atoms with Gasteiger partial charge in [0.2, 0.25) is 0 Å². The number of fused-ring (bicyclic) bond motifs is 2. The number of ether oxygens (including phenoxy) is 2. The molecule has 10 nitrogen and oxygen atoms in total. The molecule has 0 bridgehead atoms. The lowest BCUT2D eigenvalue weighted by atomic mass is 9.82. The van der Waals surface area contributed by atoms with Gasteiger partial charge in [0.25, 0.3) is 20.2 Å². The van der Waals surface area contributed by atoms with E-state index in [9.17, 15) is 30.7 Å². The van der Waals surface area contributed by atoms with E-state index in [1.54, 1.807) is 18.2 Å². The SMILES string of the molecule is C=c1ccc2c(c1S(=O)(=O)O)Oc1c(ccc(N)c1S(=O)(=O)O)C=2c1ccc(C(C)(C)C)cc1C(=O)OC. The summed E-state index contributed by atoms with van der Waals surface area (Å²) in [6, 6.07) is 10.5. The first-order chi connectivity index (χ1) is 17.5. The second-order valence-electron chi connectivity index (χ2n) is 9.72. The highest BCUT2D eigenvalue weighted by atomic mass is 32.2. The minimum Gasteiger partial charge on any atom is -0.465 e. The van der Waals surface area contributed by atoms with Crippen molar-refractivity contribution in [3.05, 3.63) is 75.2 Å². The Hall–Kier alpha value is -3.71. The molecule has 1 aliphatic heterocycles. The van der Waals surface area contributed by atoms with Crippen LogP contribution in [-0.2, 0) is 30.4 Å². The van der Waals surface area contributed by atoms with Gasteiger partial charge in [0.1, 0.15) is 4.90 Å². The maximum atomic E-state index is 13.0. The molecule has 1 heterocycles. The normalized spacial score (nSPS) is 13.4. The van der Waals surface area contributed by atoms with Crippen molar-refractivity contribution in [2.75, 3.05) is 12.8 Å². The Bertz CT molecular complexity index is 1850. The van der Waals surface area contributed by atoms with Crippen LogP contribution < -0.4 is 20.9 Å². The van der Waals surface area contributed by atoms with Crippen LogP contribution in [0.15, 0.2) is 52.3 Å². The van der Waals surface area contributed by atoms with Crippen molar-refractivity contribution in [2.24, 2.45) is 0 Å². The number of anilines is 1. The molecule has 38 heavy (non-hydrogen) atoms. The highest BCUT2D eigenvalue weighted by Gasteiger charge is 2.34. The van der Waals surface area contributed by atoms with Gasteiger partial charge in [-0.25, -0.2) is 4.79 Å². The molecule has 1 aliphatic rings. The molecular formula is C26H25NO9S2. The fourth-order valence-corrected chi connectivity index (χ4v) is 5.91. The smallest absolute Gasteiger partial charge is 0.338 e. The molecule has 4 rings (SSSR count). The van der Waals surface area contributed by atoms with E-state index < -0.39 is 47.5 Å². The summed E-state index contributed by atoms with van der Waals surface area (Å²) >= 11 is 0. The lowest BCUT2D eigenvalue weighted by Gasteiger charge is -2.26. The lowest BCUT2D eigenvalue weighted by Crippen LogP contribution is -2.27. The first-order valence-electron chi connectivity index (χ1n) is 11.1. The van der Waals surface area contributed by atoms with Crippen molar-refractivity contribution >= 4 is 44.0 Å². The zero-order valence-electron chi connectivity index (χ0n) is 20.9. The van der Waals surface area contributed by atoms with Gasteiger partial charge >= 0.3 is 5.97 Å². The highest BCUT2D eigenvalue weighted by Crippen LogP contribution is 2.44. The maximum absolute atomic E-state index is 13.0. The number of nitrogens with two attached hydrogens (primary N) is 1. The number of carbonyl (C=O) groups is 1. The fraction of sp³-hybridized carbons (Fsp3) is 0.192. The summed E-state index contributed by atoms with van der Waals surface area (Å²) in [5.41, 5.74) is 6.56. The van der Waals surface area contributed by atoms with Crippen LogP contribution in [0, 0.1) is 0 Å². The summed E-state index contributed by atoms with van der Waals surface area (Å²) in [5, 5.41) is -0.0279. The number of nitrogen functional groups attached to an aromatic ring is 1. The quantitative estimate of drug-likeness (QED) is 0.192. The Morgan fingerprint density at radius 3 is 2.08 bits per heavy atom. The maximum Gasteiger partial charge on any atom is 0.338 e. The van der Waals surface area contributed by atoms with Crippen LogP contribution in [0.25, 0.3) is 12.2 Å². The van der Waals surface area contributed by atoms with Crippen LogP contribution >= 0.6 is 0 Å². The second-order valence-corrected chi connectivity index (χ2v) is 12.4. The minimum absolute atomic E-state index is 0.0890. The number of methoxy groups -OCH3 is 1. The largest absolute Gasteiger partial charge is 0.465 e. The Labute approximate surface area is 219 Å². The van der Waals surface area contributed by atoms with Gasteiger partial charge in [-0.05, 0) is 46.0 Å². The van der Waals surface area contributed by atoms with Gasteiger partial charge in [-0.3, -0.25) is 9.11 Å². The van der Waals surface area contributed by atoms with Crippen LogP contribution in [0.1, 0.15) is 47.8 Å². The van der Waals surface area contributed by atoms with Gasteiger partial charge in [0, 0.05) is 16.4 Å². The minimum atomic E-state index is -4.98. The number of esters is 1. The number of hydrogen-bond donors (Lipinski definition) is 3. The van der Waals surface area contributed by atoms with E-state index in [1.807, 2.05) is 20.8 Å². The molecule has 4 N–H and O–H groups in total. The second kappa shape index (κ2) is 8.95. The first-order valence-corrected chi connectivity index (χ1v) is 14.0. The van der Waals surface area contributed by atoms with E-state index in [2.05, 4.69) is 6.58 Å². The van der Waals surface area contributed by atoms with Crippen molar-refractivity contribution in [1.82, 2.24) is 0 Å². The van der Waals surface area contributed by atoms with Gasteiger partial charge in [-0.1, -0.05) is 45.5 Å². The molecule has 0 aliphatic carbocycles. The molecule has 0 fully saturated rings. The van der Waals surface area contributed by atoms with Gasteiger partial charge in [0.05, 0.1) is 18.4 Å². The molecule has 0 unspecified atom stereocenters. The first kappa shape index (κ1) is 27.3. The summed E-state index contributed by atoms with van der Waals surface area (Å²) in [6.45, 7) is 9.49. The molecule has 200 valence electrons. The molecule has 12 heteroatoms. The average molecular weight is 560 g/mol. The third kappa shape index (κ3) is 4.56. The highest BCUT2D eigenvalue weighted by molar-refractivity contribution is 7.86. The number of carbonyl (C=O) groups excluding carboxylic acids is 1. The average Bonchev–Trinajstić information content (AvgIpc) is 2.79. The topological polar surface area (TPSA) is 170 Å². The van der Waals surface area contributed by atoms with E-state index >= 15 is 0 Å². The predicted molar refractivity (Wildman–Crippen MR) is 140 cm³/mol. The Kier molecular flexibility index (Phi) is 6.43. The predicted octanol–water partition coefficient (Wildman–Crippen LogP) is 2.61. The molecule has 0 aromatic heterocycles. The molecule has 0 atom stereocenters. The summed E-state index contributed by atoms with van der Waals surface area (Å²) in [4.78, 5) is 11.5. The fourth-order valence-electron chi connectivity index (χ4n) is 4.37. The van der Waals surface area contributed by atoms with E-state index in [1.165, 1.54) is 31.4 Å². The summed E-state index contributed by atoms with van der Waals surface area (Å²) < 4.78 is 80.2. The zero-order valence-corrected chi connectivity index (χ0v) is 22.5. The van der Waals surface area contributed by atoms with Crippen molar-refractivity contribution in [3.63, 3.8) is 0 Å². The standard InChI is InChI=1S/C26H25NO9S2/c1-13-6-8-16-20(15-9-7-14(26(2,3)4)12-18(15)25(28)35-5)17-10-11-19(27)24(38(32,33)34)22(17)36-21(16)23(13)37(29,30)31/h6-12H,1,27H2,2-5H3,(H,29,30,31)(H,32,33,34). The van der Waals surface area contributed by atoms with Crippen LogP contribution in [0.2, 0.25) is 0 Å². The summed E-state index contributed by atoms with van der Waals surface area (Å²) in [6.07, 6.45) is 0.